The number of hydrogen-bond acceptors (Lipinski definition) is 3. The zero-order valence-corrected chi connectivity index (χ0v) is 6.77. The van der Waals surface area contributed by atoms with Gasteiger partial charge in [0.15, 0.2) is 10.4 Å². The van der Waals surface area contributed by atoms with Gasteiger partial charge >= 0.3 is 0 Å². The predicted molar refractivity (Wildman–Crippen MR) is 40.4 cm³/mol. The van der Waals surface area contributed by atoms with Gasteiger partial charge in [0.05, 0.1) is 6.54 Å². The molecule has 3 nitrogen and oxygen atoms in total. The molecule has 0 saturated heterocycles. The predicted octanol–water partition coefficient (Wildman–Crippen LogP) is 1.85. The number of halogens is 1. The summed E-state index contributed by atoms with van der Waals surface area (Å²) in [6.45, 7) is 1.52. The lowest BCUT2D eigenvalue weighted by molar-refractivity contribution is 0.315. The molecule has 0 atom stereocenters. The largest absolute Gasteiger partial charge is 0.486 e. The molecule has 2 rings (SSSR count). The van der Waals surface area contributed by atoms with Gasteiger partial charge < -0.3 is 14.5 Å². The maximum atomic E-state index is 5.26. The van der Waals surface area contributed by atoms with Crippen LogP contribution in [0.4, 0.5) is 5.88 Å². The highest BCUT2D eigenvalue weighted by atomic mass is 79.9. The van der Waals surface area contributed by atoms with Gasteiger partial charge in [-0.25, -0.2) is 0 Å². The molecule has 1 aliphatic rings. The van der Waals surface area contributed by atoms with Gasteiger partial charge in [-0.2, -0.15) is 0 Å². The van der Waals surface area contributed by atoms with Gasteiger partial charge in [0, 0.05) is 6.07 Å². The molecule has 0 spiro atoms. The molecule has 0 amide bonds. The van der Waals surface area contributed by atoms with E-state index in [2.05, 4.69) is 21.2 Å². The van der Waals surface area contributed by atoms with Crippen molar-refractivity contribution >= 4 is 21.8 Å². The van der Waals surface area contributed by atoms with E-state index in [0.717, 1.165) is 18.2 Å². The molecule has 2 heterocycles. The first-order valence-corrected chi connectivity index (χ1v) is 3.81. The number of ether oxygens (including phenoxy) is 1. The fourth-order valence-corrected chi connectivity index (χ4v) is 1.27. The van der Waals surface area contributed by atoms with Gasteiger partial charge in [0.2, 0.25) is 5.88 Å². The van der Waals surface area contributed by atoms with E-state index in [9.17, 15) is 0 Å². The molecule has 0 bridgehead atoms. The Morgan fingerprint density at radius 3 is 3.30 bits per heavy atom. The summed E-state index contributed by atoms with van der Waals surface area (Å²) in [7, 11) is 0. The van der Waals surface area contributed by atoms with E-state index in [0.29, 0.717) is 11.3 Å². The molecule has 4 heteroatoms. The van der Waals surface area contributed by atoms with Crippen LogP contribution in [-0.2, 0) is 0 Å². The van der Waals surface area contributed by atoms with Crippen molar-refractivity contribution in [3.05, 3.63) is 10.7 Å². The summed E-state index contributed by atoms with van der Waals surface area (Å²) >= 11 is 3.21. The molecule has 1 aromatic heterocycles. The molecule has 54 valence electrons. The van der Waals surface area contributed by atoms with Crippen molar-refractivity contribution in [3.8, 4) is 5.75 Å². The molecular formula is C6H6BrNO2. The first-order valence-electron chi connectivity index (χ1n) is 3.02. The number of fused-ring (bicyclic) bond motifs is 1. The van der Waals surface area contributed by atoms with Crippen molar-refractivity contribution in [1.29, 1.82) is 0 Å². The van der Waals surface area contributed by atoms with Gasteiger partial charge in [-0.3, -0.25) is 0 Å². The second kappa shape index (κ2) is 2.20. The third kappa shape index (κ3) is 0.883. The van der Waals surface area contributed by atoms with Crippen molar-refractivity contribution in [3.63, 3.8) is 0 Å². The third-order valence-corrected chi connectivity index (χ3v) is 1.70. The van der Waals surface area contributed by atoms with E-state index in [1.54, 1.807) is 0 Å². The molecule has 0 fully saturated rings. The van der Waals surface area contributed by atoms with E-state index >= 15 is 0 Å². The minimum absolute atomic E-state index is 0.701. The molecule has 0 unspecified atom stereocenters. The lowest BCUT2D eigenvalue weighted by Gasteiger charge is -2.12. The fourth-order valence-electron chi connectivity index (χ4n) is 0.902. The third-order valence-electron chi connectivity index (χ3n) is 1.31. The van der Waals surface area contributed by atoms with Crippen LogP contribution in [0.3, 0.4) is 0 Å². The van der Waals surface area contributed by atoms with Gasteiger partial charge in [-0.1, -0.05) is 0 Å². The zero-order chi connectivity index (χ0) is 6.97. The molecule has 10 heavy (non-hydrogen) atoms. The molecule has 1 aromatic rings. The monoisotopic (exact) mass is 203 g/mol. The average Bonchev–Trinajstić information content (AvgIpc) is 2.27. The van der Waals surface area contributed by atoms with Gasteiger partial charge in [-0.05, 0) is 15.9 Å². The molecule has 0 aromatic carbocycles. The molecule has 0 saturated carbocycles. The second-order valence-electron chi connectivity index (χ2n) is 2.02. The number of furan rings is 1. The van der Waals surface area contributed by atoms with E-state index in [1.807, 2.05) is 6.07 Å². The average molecular weight is 204 g/mol. The van der Waals surface area contributed by atoms with Gasteiger partial charge in [0.1, 0.15) is 6.61 Å². The number of nitrogens with one attached hydrogen (secondary N) is 1. The van der Waals surface area contributed by atoms with Crippen LogP contribution in [0.1, 0.15) is 0 Å². The summed E-state index contributed by atoms with van der Waals surface area (Å²) < 4.78 is 11.1. The van der Waals surface area contributed by atoms with Crippen LogP contribution in [0.5, 0.6) is 5.75 Å². The number of rotatable bonds is 0. The van der Waals surface area contributed by atoms with E-state index < -0.39 is 0 Å². The van der Waals surface area contributed by atoms with Crippen LogP contribution in [0, 0.1) is 0 Å². The lowest BCUT2D eigenvalue weighted by Crippen LogP contribution is -2.16. The first-order chi connectivity index (χ1) is 4.86. The SMILES string of the molecule is Brc1cc2c(o1)NCCO2. The highest BCUT2D eigenvalue weighted by Gasteiger charge is 2.13. The summed E-state index contributed by atoms with van der Waals surface area (Å²) in [5.74, 6) is 1.51. The van der Waals surface area contributed by atoms with Crippen molar-refractivity contribution in [2.45, 2.75) is 0 Å². The Balaban J connectivity index is 2.41. The highest BCUT2D eigenvalue weighted by Crippen LogP contribution is 2.33. The van der Waals surface area contributed by atoms with Crippen molar-refractivity contribution in [2.24, 2.45) is 0 Å². The van der Waals surface area contributed by atoms with Crippen LogP contribution in [0.15, 0.2) is 15.2 Å². The Kier molecular flexibility index (Phi) is 1.34. The normalized spacial score (nSPS) is 15.3. The smallest absolute Gasteiger partial charge is 0.237 e. The van der Waals surface area contributed by atoms with Crippen molar-refractivity contribution in [2.75, 3.05) is 18.5 Å². The second-order valence-corrected chi connectivity index (χ2v) is 2.80. The highest BCUT2D eigenvalue weighted by molar-refractivity contribution is 9.10. The first kappa shape index (κ1) is 6.09. The van der Waals surface area contributed by atoms with E-state index in [4.69, 9.17) is 9.15 Å². The minimum atomic E-state index is 0.701. The Morgan fingerprint density at radius 1 is 1.60 bits per heavy atom. The Labute approximate surface area is 66.5 Å². The minimum Gasteiger partial charge on any atom is -0.486 e. The quantitative estimate of drug-likeness (QED) is 0.700. The van der Waals surface area contributed by atoms with Crippen LogP contribution < -0.4 is 10.1 Å². The number of anilines is 1. The zero-order valence-electron chi connectivity index (χ0n) is 5.19. The standard InChI is InChI=1S/C6H6BrNO2/c7-5-3-4-6(10-5)8-1-2-9-4/h3,8H,1-2H2. The Morgan fingerprint density at radius 2 is 2.50 bits per heavy atom. The summed E-state index contributed by atoms with van der Waals surface area (Å²) in [6, 6.07) is 1.81. The molecule has 1 N–H and O–H groups in total. The summed E-state index contributed by atoms with van der Waals surface area (Å²) in [5, 5.41) is 3.06. The van der Waals surface area contributed by atoms with Crippen molar-refractivity contribution < 1.29 is 9.15 Å². The lowest BCUT2D eigenvalue weighted by atomic mass is 10.5. The van der Waals surface area contributed by atoms with Crippen LogP contribution in [-0.4, -0.2) is 13.2 Å². The Bertz CT molecular complexity index is 222. The number of hydrogen-bond donors (Lipinski definition) is 1. The van der Waals surface area contributed by atoms with Crippen LogP contribution in [0.25, 0.3) is 0 Å². The van der Waals surface area contributed by atoms with Crippen LogP contribution >= 0.6 is 15.9 Å². The van der Waals surface area contributed by atoms with Crippen LogP contribution in [0.2, 0.25) is 0 Å². The van der Waals surface area contributed by atoms with Crippen molar-refractivity contribution in [1.82, 2.24) is 0 Å². The van der Waals surface area contributed by atoms with E-state index in [1.165, 1.54) is 0 Å². The molecule has 1 aliphatic heterocycles. The summed E-state index contributed by atoms with van der Waals surface area (Å²) in [6.07, 6.45) is 0. The molecular weight excluding hydrogens is 198 g/mol. The topological polar surface area (TPSA) is 34.4 Å². The molecule has 0 radical (unpaired) electrons. The van der Waals surface area contributed by atoms with E-state index in [-0.39, 0.29) is 0 Å². The molecule has 0 aliphatic carbocycles. The maximum absolute atomic E-state index is 5.26. The van der Waals surface area contributed by atoms with Gasteiger partial charge in [-0.15, -0.1) is 0 Å². The summed E-state index contributed by atoms with van der Waals surface area (Å²) in [4.78, 5) is 0. The van der Waals surface area contributed by atoms with Gasteiger partial charge in [0.25, 0.3) is 0 Å². The Hall–Kier alpha value is -0.640. The summed E-state index contributed by atoms with van der Waals surface area (Å²) in [5.41, 5.74) is 0. The maximum Gasteiger partial charge on any atom is 0.237 e. The fraction of sp³-hybridized carbons (Fsp3) is 0.333.